The van der Waals surface area contributed by atoms with Crippen molar-refractivity contribution in [2.75, 3.05) is 43.9 Å². The highest BCUT2D eigenvalue weighted by atomic mass is 32.1. The van der Waals surface area contributed by atoms with E-state index in [1.54, 1.807) is 0 Å². The number of H-pyrrole nitrogens is 2. The number of aliphatic carboxylic acids is 2. The number of nitrogens with zero attached hydrogens (tertiary/aromatic N) is 3. The van der Waals surface area contributed by atoms with E-state index >= 15 is 0 Å². The molecule has 8 N–H and O–H groups in total. The number of hydrogen-bond donors (Lipinski definition) is 7. The molecule has 4 heterocycles. The fraction of sp³-hybridized carbons (Fsp3) is 0.304. The van der Waals surface area contributed by atoms with Gasteiger partial charge in [0.1, 0.15) is 16.2 Å². The van der Waals surface area contributed by atoms with E-state index in [1.165, 1.54) is 17.0 Å². The Bertz CT molecular complexity index is 1490. The van der Waals surface area contributed by atoms with Gasteiger partial charge in [0.05, 0.1) is 16.7 Å². The number of rotatable bonds is 5. The second-order valence-corrected chi connectivity index (χ2v) is 9.47. The van der Waals surface area contributed by atoms with E-state index in [9.17, 15) is 14.4 Å². The Labute approximate surface area is 213 Å². The maximum atomic E-state index is 12.6. The van der Waals surface area contributed by atoms with Gasteiger partial charge in [-0.3, -0.25) is 4.79 Å². The van der Waals surface area contributed by atoms with Gasteiger partial charge in [-0.15, -0.1) is 11.3 Å². The van der Waals surface area contributed by atoms with Gasteiger partial charge in [0.25, 0.3) is 5.56 Å². The topological polar surface area (TPSA) is 209 Å². The molecule has 1 saturated heterocycles. The van der Waals surface area contributed by atoms with Crippen molar-refractivity contribution in [2.45, 2.75) is 12.2 Å². The fourth-order valence-corrected chi connectivity index (χ4v) is 4.72. The lowest BCUT2D eigenvalue weighted by atomic mass is 10.2. The van der Waals surface area contributed by atoms with Gasteiger partial charge in [-0.1, -0.05) is 0 Å². The van der Waals surface area contributed by atoms with E-state index in [-0.39, 0.29) is 5.56 Å². The second-order valence-electron chi connectivity index (χ2n) is 8.55. The number of nitrogens with one attached hydrogen (secondary N) is 2. The monoisotopic (exact) mass is 530 g/mol. The van der Waals surface area contributed by atoms with Gasteiger partial charge < -0.3 is 45.9 Å². The normalized spacial score (nSPS) is 15.8. The third-order valence-corrected chi connectivity index (χ3v) is 6.88. The number of carboxylic acid groups (broad SMARTS) is 2. The number of aromatic nitrogens is 3. The molecule has 37 heavy (non-hydrogen) atoms. The first-order valence-corrected chi connectivity index (χ1v) is 12.1. The number of nitrogens with two attached hydrogens (primary N) is 1. The molecule has 1 aliphatic heterocycles. The number of carbonyl (C=O) groups is 2. The van der Waals surface area contributed by atoms with Crippen LogP contribution in [-0.2, 0) is 9.59 Å². The van der Waals surface area contributed by atoms with Crippen molar-refractivity contribution in [1.29, 1.82) is 0 Å². The number of aromatic amines is 2. The average Bonchev–Trinajstić information content (AvgIpc) is 3.50. The molecule has 1 aliphatic rings. The summed E-state index contributed by atoms with van der Waals surface area (Å²) in [4.78, 5) is 48.4. The van der Waals surface area contributed by atoms with E-state index in [4.69, 9.17) is 26.2 Å². The van der Waals surface area contributed by atoms with E-state index in [0.717, 1.165) is 47.4 Å². The highest BCUT2D eigenvalue weighted by Crippen LogP contribution is 2.31. The summed E-state index contributed by atoms with van der Waals surface area (Å²) in [5.41, 5.74) is 9.84. The molecule has 1 aromatic carbocycles. The minimum Gasteiger partial charge on any atom is -0.479 e. The maximum absolute atomic E-state index is 12.6. The number of anilines is 2. The van der Waals surface area contributed by atoms with Gasteiger partial charge in [-0.25, -0.2) is 14.6 Å². The van der Waals surface area contributed by atoms with Crippen LogP contribution in [0, 0.1) is 0 Å². The minimum absolute atomic E-state index is 0.221. The van der Waals surface area contributed by atoms with E-state index in [0.29, 0.717) is 17.1 Å². The number of pyridine rings is 1. The number of nitrogen functional groups attached to an aromatic ring is 1. The summed E-state index contributed by atoms with van der Waals surface area (Å²) in [5.74, 6) is -3.03. The molecule has 13 nitrogen and oxygen atoms in total. The molecule has 0 bridgehead atoms. The van der Waals surface area contributed by atoms with Crippen LogP contribution in [0.25, 0.3) is 32.6 Å². The Morgan fingerprint density at radius 2 is 1.70 bits per heavy atom. The van der Waals surface area contributed by atoms with E-state index in [1.807, 2.05) is 17.5 Å². The minimum atomic E-state index is -2.27. The highest BCUT2D eigenvalue weighted by Gasteiger charge is 2.29. The largest absolute Gasteiger partial charge is 0.479 e. The first-order valence-electron chi connectivity index (χ1n) is 11.2. The molecule has 0 aliphatic carbocycles. The van der Waals surface area contributed by atoms with Gasteiger partial charge in [0.15, 0.2) is 12.2 Å². The van der Waals surface area contributed by atoms with Crippen molar-refractivity contribution < 1.29 is 30.0 Å². The van der Waals surface area contributed by atoms with Crippen LogP contribution in [0.15, 0.2) is 34.4 Å². The van der Waals surface area contributed by atoms with Crippen molar-refractivity contribution in [3.05, 3.63) is 40.0 Å². The molecule has 196 valence electrons. The van der Waals surface area contributed by atoms with E-state index < -0.39 is 24.1 Å². The Kier molecular flexibility index (Phi) is 7.45. The Morgan fingerprint density at radius 3 is 2.32 bits per heavy atom. The lowest BCUT2D eigenvalue weighted by molar-refractivity contribution is -0.165. The van der Waals surface area contributed by atoms with Gasteiger partial charge >= 0.3 is 11.9 Å². The number of likely N-dealkylation sites (N-methyl/N-ethyl adjacent to an activating group) is 1. The van der Waals surface area contributed by atoms with Crippen LogP contribution in [0.3, 0.4) is 0 Å². The number of fused-ring (bicyclic) bond motifs is 2. The number of thiophene rings is 1. The van der Waals surface area contributed by atoms with Crippen LogP contribution in [0.5, 0.6) is 0 Å². The molecule has 0 radical (unpaired) electrons. The molecular formula is C23H26N6O7S. The first-order chi connectivity index (χ1) is 17.6. The fourth-order valence-electron chi connectivity index (χ4n) is 3.92. The molecular weight excluding hydrogens is 504 g/mol. The maximum Gasteiger partial charge on any atom is 0.335 e. The SMILES string of the molecule is CN1CCN(c2ccc3nc(-c4c(N)c5ccsc5[nH]c4=O)[nH]c3c2)CC1.O=C(O)[C@@H](O)[C@H](O)C(=O)O. The number of aliphatic hydroxyl groups excluding tert-OH is 2. The number of piperazine rings is 1. The summed E-state index contributed by atoms with van der Waals surface area (Å²) in [6.07, 6.45) is -4.53. The smallest absolute Gasteiger partial charge is 0.335 e. The second kappa shape index (κ2) is 10.6. The van der Waals surface area contributed by atoms with Crippen LogP contribution in [0.1, 0.15) is 0 Å². The van der Waals surface area contributed by atoms with Crippen molar-refractivity contribution in [3.8, 4) is 11.4 Å². The predicted molar refractivity (Wildman–Crippen MR) is 139 cm³/mol. The molecule has 3 aromatic heterocycles. The Morgan fingerprint density at radius 1 is 1.05 bits per heavy atom. The zero-order chi connectivity index (χ0) is 26.9. The molecule has 0 spiro atoms. The Hall–Kier alpha value is -3.98. The molecule has 4 aromatic rings. The summed E-state index contributed by atoms with van der Waals surface area (Å²) < 4.78 is 0. The van der Waals surface area contributed by atoms with Crippen molar-refractivity contribution >= 4 is 55.9 Å². The number of aliphatic hydroxyl groups is 2. The number of carboxylic acids is 2. The summed E-state index contributed by atoms with van der Waals surface area (Å²) in [5, 5.41) is 35.3. The lowest BCUT2D eigenvalue weighted by Crippen LogP contribution is -2.44. The number of hydrogen-bond acceptors (Lipinski definition) is 10. The van der Waals surface area contributed by atoms with Crippen molar-refractivity contribution in [3.63, 3.8) is 0 Å². The van der Waals surface area contributed by atoms with Crippen molar-refractivity contribution in [2.24, 2.45) is 0 Å². The lowest BCUT2D eigenvalue weighted by Gasteiger charge is -2.34. The molecule has 0 unspecified atom stereocenters. The Balaban J connectivity index is 0.000000275. The molecule has 5 rings (SSSR count). The molecule has 2 atom stereocenters. The predicted octanol–water partition coefficient (Wildman–Crippen LogP) is 0.344. The number of benzene rings is 1. The van der Waals surface area contributed by atoms with Crippen LogP contribution in [0.2, 0.25) is 0 Å². The van der Waals surface area contributed by atoms with E-state index in [2.05, 4.69) is 43.9 Å². The third kappa shape index (κ3) is 5.41. The zero-order valence-corrected chi connectivity index (χ0v) is 20.5. The van der Waals surface area contributed by atoms with Crippen LogP contribution < -0.4 is 16.2 Å². The summed E-state index contributed by atoms with van der Waals surface area (Å²) >= 11 is 1.47. The summed E-state index contributed by atoms with van der Waals surface area (Å²) in [7, 11) is 2.15. The molecule has 1 fully saturated rings. The standard InChI is InChI=1S/C19H20N6OS.C4H6O6/c1-24-5-7-25(8-6-24)11-2-3-13-14(10-11)22-17(21-13)15-16(20)12-4-9-27-19(12)23-18(15)26;5-1(3(7)8)2(6)4(9)10/h2-4,9-10H,5-8H2,1H3,(H,21,22)(H3,20,23,26);1-2,5-6H,(H,7,8)(H,9,10)/t;1-,2-/m.0/s1. The summed E-state index contributed by atoms with van der Waals surface area (Å²) in [6, 6.07) is 8.11. The summed E-state index contributed by atoms with van der Waals surface area (Å²) in [6.45, 7) is 4.12. The van der Waals surface area contributed by atoms with Gasteiger partial charge in [-0.05, 0) is 36.7 Å². The van der Waals surface area contributed by atoms with Gasteiger partial charge in [0, 0.05) is 37.3 Å². The zero-order valence-electron chi connectivity index (χ0n) is 19.7. The van der Waals surface area contributed by atoms with Crippen molar-refractivity contribution in [1.82, 2.24) is 19.9 Å². The average molecular weight is 531 g/mol. The molecule has 0 amide bonds. The van der Waals surface area contributed by atoms with Gasteiger partial charge in [-0.2, -0.15) is 0 Å². The number of imidazole rings is 1. The quantitative estimate of drug-likeness (QED) is 0.187. The van der Waals surface area contributed by atoms with Gasteiger partial charge in [0.2, 0.25) is 0 Å². The molecule has 0 saturated carbocycles. The third-order valence-electron chi connectivity index (χ3n) is 6.05. The van der Waals surface area contributed by atoms with Crippen LogP contribution in [-0.4, -0.2) is 97.7 Å². The molecule has 14 heteroatoms. The first kappa shape index (κ1) is 26.1. The van der Waals surface area contributed by atoms with Crippen LogP contribution >= 0.6 is 11.3 Å². The highest BCUT2D eigenvalue weighted by molar-refractivity contribution is 7.16. The van der Waals surface area contributed by atoms with Crippen LogP contribution in [0.4, 0.5) is 11.4 Å².